The van der Waals surface area contributed by atoms with Gasteiger partial charge < -0.3 is 55.2 Å². The average Bonchev–Trinajstić information content (AvgIpc) is 1.89. The molecule has 3 aliphatic heterocycles. The molecule has 3 aromatic carbocycles. The summed E-state index contributed by atoms with van der Waals surface area (Å²) >= 11 is 46.4. The minimum absolute atomic E-state index is 0. The van der Waals surface area contributed by atoms with Gasteiger partial charge in [-0.3, -0.25) is 14.5 Å². The van der Waals surface area contributed by atoms with Crippen molar-refractivity contribution in [3.8, 4) is 33.8 Å². The zero-order chi connectivity index (χ0) is 66.1. The van der Waals surface area contributed by atoms with Crippen LogP contribution in [0, 0.1) is 17.8 Å². The predicted octanol–water partition coefficient (Wildman–Crippen LogP) is 11.7. The number of carboxylic acid groups (broad SMARTS) is 2. The zero-order valence-electron chi connectivity index (χ0n) is 52.7. The Labute approximate surface area is 595 Å². The van der Waals surface area contributed by atoms with E-state index in [1.807, 2.05) is 40.1 Å². The van der Waals surface area contributed by atoms with Crippen LogP contribution in [0.4, 0.5) is 25.0 Å². The van der Waals surface area contributed by atoms with Crippen molar-refractivity contribution in [2.75, 3.05) is 93.9 Å². The number of carboxylic acids is 2. The van der Waals surface area contributed by atoms with Crippen LogP contribution in [0.15, 0.2) is 54.6 Å². The van der Waals surface area contributed by atoms with Gasteiger partial charge in [0, 0.05) is 95.3 Å². The molecule has 20 nitrogen and oxygen atoms in total. The molecule has 3 unspecified atom stereocenters. The van der Waals surface area contributed by atoms with Gasteiger partial charge in [-0.1, -0.05) is 129 Å². The summed E-state index contributed by atoms with van der Waals surface area (Å²) in [7, 11) is 1.41. The van der Waals surface area contributed by atoms with Crippen LogP contribution in [-0.4, -0.2) is 162 Å². The van der Waals surface area contributed by atoms with E-state index in [0.29, 0.717) is 87.2 Å². The maximum Gasteiger partial charge on any atom is 1.00 e. The number of thiazole rings is 3. The number of hydrogen-bond acceptors (Lipinski definition) is 20. The number of nitrogens with one attached hydrogen (secondary N) is 2. The molecular weight excluding hydrogens is 1390 g/mol. The standard InChI is InChI=1S/C21H25Cl2N3O4S.C19H23Cl2N3O2S.C18H21Cl2N3O2S.C3H5ClO2.Li.H2O/c1-4-30-21(29)26-8-7-25(11-16(26)19(27)28)20-24-18(17(31-20)9-12(2)3)13-5-6-14(22)15(23)10-13;1-11(2)8-16-17(12-4-5-13(20)14(21)9-12)23-19(27-16)24-7-6-22-15(10-24)18(25)26-3;1-10(2)7-15-16(11-3-4-12(19)13(20)8-11)22-18(26-15)23-6-5-21-14(9-23)17(24)25;1-2-6-3(4)5;;/h5-6,10,12,16H,4,7-9,11H2,1-3H3,(H,27,28);4-5,9,11,15,22H,6-8,10H2,1-3H3;3-4,8,10,14,21H,5-7,9H2,1-2H3,(H,24,25);2H2,1H3;;1H2/q;;;;+1;/p-1. The fraction of sp³-hybridized carbons (Fsp3) is 0.475. The first-order valence-corrected chi connectivity index (χ1v) is 34.2. The summed E-state index contributed by atoms with van der Waals surface area (Å²) in [6, 6.07) is 14.7. The predicted molar refractivity (Wildman–Crippen MR) is 368 cm³/mol. The molecule has 0 radical (unpaired) electrons. The van der Waals surface area contributed by atoms with Gasteiger partial charge in [0.05, 0.1) is 74.1 Å². The molecular formula is C61H75Cl7LiN9O11S3. The summed E-state index contributed by atoms with van der Waals surface area (Å²) in [6.07, 6.45) is 2.06. The zero-order valence-corrected chi connectivity index (χ0v) is 60.4. The molecule has 3 saturated heterocycles. The van der Waals surface area contributed by atoms with Crippen molar-refractivity contribution in [2.45, 2.75) is 92.8 Å². The number of aliphatic carboxylic acids is 2. The van der Waals surface area contributed by atoms with E-state index in [9.17, 15) is 34.2 Å². The third-order valence-electron chi connectivity index (χ3n) is 13.8. The van der Waals surface area contributed by atoms with Gasteiger partial charge in [0.25, 0.3) is 0 Å². The Morgan fingerprint density at radius 1 is 0.554 bits per heavy atom. The number of benzene rings is 3. The topological polar surface area (TPSA) is 259 Å². The fourth-order valence-corrected chi connectivity index (χ4v) is 14.6. The normalized spacial score (nSPS) is 16.2. The Hall–Kier alpha value is -4.39. The van der Waals surface area contributed by atoms with Crippen molar-refractivity contribution in [1.29, 1.82) is 0 Å². The molecule has 0 aliphatic carbocycles. The summed E-state index contributed by atoms with van der Waals surface area (Å²) in [5.74, 6) is -0.740. The van der Waals surface area contributed by atoms with E-state index in [1.165, 1.54) is 21.8 Å². The van der Waals surface area contributed by atoms with Gasteiger partial charge in [-0.05, 0) is 87.3 Å². The van der Waals surface area contributed by atoms with E-state index in [-0.39, 0.29) is 56.0 Å². The fourth-order valence-electron chi connectivity index (χ4n) is 9.58. The summed E-state index contributed by atoms with van der Waals surface area (Å²) in [5, 5.41) is 30.7. The van der Waals surface area contributed by atoms with Crippen LogP contribution >= 0.6 is 115 Å². The van der Waals surface area contributed by atoms with E-state index in [1.54, 1.807) is 72.1 Å². The monoisotopic (exact) mass is 1460 g/mol. The number of aromatic nitrogens is 3. The van der Waals surface area contributed by atoms with Crippen LogP contribution in [0.3, 0.4) is 0 Å². The van der Waals surface area contributed by atoms with Crippen molar-refractivity contribution in [3.05, 3.63) is 99.4 Å². The molecule has 0 spiro atoms. The molecule has 3 atom stereocenters. The van der Waals surface area contributed by atoms with Gasteiger partial charge in [-0.25, -0.2) is 29.3 Å². The minimum atomic E-state index is -1.07. The molecule has 498 valence electrons. The number of halogens is 7. The van der Waals surface area contributed by atoms with Crippen LogP contribution in [0.5, 0.6) is 0 Å². The molecule has 92 heavy (non-hydrogen) atoms. The number of carbonyl (C=O) groups excluding carboxylic acids is 3. The van der Waals surface area contributed by atoms with Crippen LogP contribution in [-0.2, 0) is 47.9 Å². The van der Waals surface area contributed by atoms with Gasteiger partial charge in [-0.2, -0.15) is 0 Å². The number of carbonyl (C=O) groups is 5. The Morgan fingerprint density at radius 2 is 0.924 bits per heavy atom. The number of esters is 1. The molecule has 3 aliphatic rings. The smallest absolute Gasteiger partial charge is 0.870 e. The van der Waals surface area contributed by atoms with E-state index in [0.717, 1.165) is 86.4 Å². The van der Waals surface area contributed by atoms with Crippen LogP contribution < -0.4 is 44.2 Å². The third kappa shape index (κ3) is 22.9. The molecule has 0 saturated carbocycles. The molecule has 6 aromatic rings. The Kier molecular flexibility index (Phi) is 33.4. The van der Waals surface area contributed by atoms with E-state index >= 15 is 0 Å². The Bertz CT molecular complexity index is 3440. The second-order valence-corrected chi connectivity index (χ2v) is 28.1. The average molecular weight is 1460 g/mol. The van der Waals surface area contributed by atoms with E-state index in [2.05, 4.69) is 61.8 Å². The number of ether oxygens (including phenoxy) is 3. The largest absolute Gasteiger partial charge is 1.00 e. The number of methoxy groups -OCH3 is 1. The van der Waals surface area contributed by atoms with Gasteiger partial charge in [-0.15, -0.1) is 34.0 Å². The SMILES string of the molecule is CC(C)Cc1sc(N2CCNC(C(=O)O)C2)nc1-c1ccc(Cl)c(Cl)c1.CCOC(=O)Cl.CCOC(=O)N1CCN(c2nc(-c3ccc(Cl)c(Cl)c3)c(CC(C)C)s2)CC1C(=O)O.COC(=O)C1CN(c2nc(-c3ccc(Cl)c(Cl)c3)c(CC(C)C)s2)CCN1.[Li+].[OH-]. The van der Waals surface area contributed by atoms with Crippen LogP contribution in [0.2, 0.25) is 30.1 Å². The minimum Gasteiger partial charge on any atom is -0.870 e. The van der Waals surface area contributed by atoms with Gasteiger partial charge in [0.1, 0.15) is 18.1 Å². The molecule has 9 rings (SSSR count). The number of rotatable bonds is 17. The maximum atomic E-state index is 12.2. The number of piperazine rings is 3. The molecule has 3 aromatic heterocycles. The van der Waals surface area contributed by atoms with Crippen molar-refractivity contribution in [3.63, 3.8) is 0 Å². The molecule has 3 fully saturated rings. The summed E-state index contributed by atoms with van der Waals surface area (Å²) < 4.78 is 14.1. The Morgan fingerprint density at radius 3 is 1.24 bits per heavy atom. The third-order valence-corrected chi connectivity index (χ3v) is 19.5. The van der Waals surface area contributed by atoms with Crippen LogP contribution in [0.25, 0.3) is 33.8 Å². The molecule has 6 heterocycles. The summed E-state index contributed by atoms with van der Waals surface area (Å²) in [6.45, 7) is 21.6. The second kappa shape index (κ2) is 38.4. The van der Waals surface area contributed by atoms with Crippen molar-refractivity contribution in [2.24, 2.45) is 17.8 Å². The van der Waals surface area contributed by atoms with Crippen LogP contribution in [0.1, 0.15) is 70.0 Å². The first-order valence-electron chi connectivity index (χ1n) is 29.1. The molecule has 1 amide bonds. The van der Waals surface area contributed by atoms with Crippen molar-refractivity contribution in [1.82, 2.24) is 30.5 Å². The molecule has 5 N–H and O–H groups in total. The number of hydrogen-bond donors (Lipinski definition) is 4. The van der Waals surface area contributed by atoms with E-state index in [4.69, 9.17) is 106 Å². The number of amides is 1. The quantitative estimate of drug-likeness (QED) is 0.0286. The summed E-state index contributed by atoms with van der Waals surface area (Å²) in [5.41, 5.74) is 4.69. The number of nitrogens with zero attached hydrogens (tertiary/aromatic N) is 7. The van der Waals surface area contributed by atoms with Gasteiger partial charge in [0.15, 0.2) is 15.4 Å². The number of anilines is 3. The first-order chi connectivity index (χ1) is 42.7. The first kappa shape index (κ1) is 80.0. The van der Waals surface area contributed by atoms with Gasteiger partial charge >= 0.3 is 48.3 Å². The second-order valence-electron chi connectivity index (χ2n) is 22.1. The maximum absolute atomic E-state index is 12.2. The summed E-state index contributed by atoms with van der Waals surface area (Å²) in [4.78, 5) is 82.3. The van der Waals surface area contributed by atoms with E-state index < -0.39 is 35.5 Å². The van der Waals surface area contributed by atoms with Crippen molar-refractivity contribution >= 4 is 160 Å². The Balaban J connectivity index is 0.000000279. The van der Waals surface area contributed by atoms with Gasteiger partial charge in [0.2, 0.25) is 0 Å². The van der Waals surface area contributed by atoms with Crippen molar-refractivity contribution < 1.29 is 72.7 Å². The molecule has 31 heteroatoms. The molecule has 0 bridgehead atoms.